The summed E-state index contributed by atoms with van der Waals surface area (Å²) in [4.78, 5) is 2.56. The summed E-state index contributed by atoms with van der Waals surface area (Å²) in [5.41, 5.74) is -0.0488. The predicted octanol–water partition coefficient (Wildman–Crippen LogP) is 1.61. The second-order valence-corrected chi connectivity index (χ2v) is 6.35. The molecule has 0 amide bonds. The molecular formula is C14H28N2O. The molecule has 100 valence electrons. The third-order valence-corrected chi connectivity index (χ3v) is 4.39. The summed E-state index contributed by atoms with van der Waals surface area (Å²) in [5, 5.41) is 13.6. The Morgan fingerprint density at radius 3 is 2.47 bits per heavy atom. The fourth-order valence-corrected chi connectivity index (χ4v) is 3.32. The molecular weight excluding hydrogens is 212 g/mol. The van der Waals surface area contributed by atoms with Crippen molar-refractivity contribution in [3.63, 3.8) is 0 Å². The maximum absolute atomic E-state index is 9.89. The van der Waals surface area contributed by atoms with Crippen LogP contribution in [0.15, 0.2) is 0 Å². The first-order valence-corrected chi connectivity index (χ1v) is 7.20. The van der Waals surface area contributed by atoms with Crippen molar-refractivity contribution in [2.45, 2.75) is 64.1 Å². The average Bonchev–Trinajstić information content (AvgIpc) is 3.04. The minimum Gasteiger partial charge on any atom is -0.394 e. The maximum Gasteiger partial charge on any atom is 0.0628 e. The molecule has 3 heteroatoms. The van der Waals surface area contributed by atoms with Crippen molar-refractivity contribution in [2.24, 2.45) is 5.92 Å². The average molecular weight is 240 g/mol. The lowest BCUT2D eigenvalue weighted by atomic mass is 9.92. The largest absolute Gasteiger partial charge is 0.394 e. The molecule has 0 spiro atoms. The van der Waals surface area contributed by atoms with E-state index in [4.69, 9.17) is 0 Å². The molecule has 0 aromatic carbocycles. The highest BCUT2D eigenvalue weighted by molar-refractivity contribution is 5.04. The van der Waals surface area contributed by atoms with Crippen LogP contribution in [0.1, 0.15) is 46.5 Å². The second-order valence-electron chi connectivity index (χ2n) is 6.35. The number of likely N-dealkylation sites (tertiary alicyclic amines) is 1. The zero-order chi connectivity index (χ0) is 12.5. The molecule has 2 aliphatic rings. The Hall–Kier alpha value is -0.120. The maximum atomic E-state index is 9.89. The number of aliphatic hydroxyl groups excluding tert-OH is 1. The van der Waals surface area contributed by atoms with Crippen LogP contribution >= 0.6 is 0 Å². The van der Waals surface area contributed by atoms with Gasteiger partial charge in [0.05, 0.1) is 12.1 Å². The zero-order valence-corrected chi connectivity index (χ0v) is 11.6. The lowest BCUT2D eigenvalue weighted by Gasteiger charge is -2.40. The molecule has 3 nitrogen and oxygen atoms in total. The Balaban J connectivity index is 2.03. The van der Waals surface area contributed by atoms with E-state index in [-0.39, 0.29) is 12.1 Å². The van der Waals surface area contributed by atoms with E-state index in [2.05, 4.69) is 31.0 Å². The van der Waals surface area contributed by atoms with Gasteiger partial charge in [0, 0.05) is 18.6 Å². The number of hydrogen-bond donors (Lipinski definition) is 2. The van der Waals surface area contributed by atoms with Gasteiger partial charge in [-0.25, -0.2) is 0 Å². The lowest BCUT2D eigenvalue weighted by molar-refractivity contribution is 0.0810. The molecule has 0 aromatic heterocycles. The summed E-state index contributed by atoms with van der Waals surface area (Å²) in [5.74, 6) is 0.683. The first-order chi connectivity index (χ1) is 8.07. The van der Waals surface area contributed by atoms with E-state index in [0.717, 1.165) is 6.54 Å². The molecule has 0 aromatic rings. The van der Waals surface area contributed by atoms with Crippen molar-refractivity contribution >= 4 is 0 Å². The van der Waals surface area contributed by atoms with E-state index in [1.54, 1.807) is 0 Å². The third kappa shape index (κ3) is 3.01. The monoisotopic (exact) mass is 240 g/mol. The molecule has 2 N–H and O–H groups in total. The van der Waals surface area contributed by atoms with Crippen molar-refractivity contribution in [2.75, 3.05) is 19.7 Å². The molecule has 2 rings (SSSR count). The van der Waals surface area contributed by atoms with Crippen LogP contribution in [-0.2, 0) is 0 Å². The van der Waals surface area contributed by atoms with E-state index in [0.29, 0.717) is 18.0 Å². The number of nitrogens with zero attached hydrogens (tertiary/aromatic N) is 1. The molecule has 17 heavy (non-hydrogen) atoms. The quantitative estimate of drug-likeness (QED) is 0.740. The van der Waals surface area contributed by atoms with E-state index < -0.39 is 0 Å². The normalized spacial score (nSPS) is 29.8. The summed E-state index contributed by atoms with van der Waals surface area (Å²) in [7, 11) is 0. The first kappa shape index (κ1) is 13.3. The van der Waals surface area contributed by atoms with Crippen LogP contribution in [0.25, 0.3) is 0 Å². The van der Waals surface area contributed by atoms with Gasteiger partial charge in [0.15, 0.2) is 0 Å². The van der Waals surface area contributed by atoms with Crippen molar-refractivity contribution in [3.05, 3.63) is 0 Å². The van der Waals surface area contributed by atoms with Crippen molar-refractivity contribution in [3.8, 4) is 0 Å². The Morgan fingerprint density at radius 2 is 2.06 bits per heavy atom. The van der Waals surface area contributed by atoms with E-state index in [1.807, 2.05) is 0 Å². The summed E-state index contributed by atoms with van der Waals surface area (Å²) < 4.78 is 0. The van der Waals surface area contributed by atoms with Crippen LogP contribution in [0.3, 0.4) is 0 Å². The SMILES string of the molecule is CC(C)NC(CO)(CN1CCCC1C)C1CC1. The van der Waals surface area contributed by atoms with Gasteiger partial charge in [0.1, 0.15) is 0 Å². The van der Waals surface area contributed by atoms with Gasteiger partial charge in [-0.2, -0.15) is 0 Å². The van der Waals surface area contributed by atoms with Gasteiger partial charge < -0.3 is 10.4 Å². The number of aliphatic hydroxyl groups is 1. The van der Waals surface area contributed by atoms with Crippen LogP contribution in [0.2, 0.25) is 0 Å². The molecule has 1 saturated carbocycles. The molecule has 0 radical (unpaired) electrons. The highest BCUT2D eigenvalue weighted by Crippen LogP contribution is 2.41. The Morgan fingerprint density at radius 1 is 1.35 bits per heavy atom. The number of rotatable bonds is 6. The first-order valence-electron chi connectivity index (χ1n) is 7.20. The molecule has 1 saturated heterocycles. The fraction of sp³-hybridized carbons (Fsp3) is 1.00. The molecule has 1 heterocycles. The molecule has 2 unspecified atom stereocenters. The summed E-state index contributed by atoms with van der Waals surface area (Å²) in [6.07, 6.45) is 5.19. The standard InChI is InChI=1S/C14H28N2O/c1-11(2)15-14(10-17,13-6-7-13)9-16-8-4-5-12(16)3/h11-13,15,17H,4-10H2,1-3H3. The molecule has 2 fully saturated rings. The van der Waals surface area contributed by atoms with E-state index in [1.165, 1.54) is 32.2 Å². The van der Waals surface area contributed by atoms with Crippen molar-refractivity contribution in [1.29, 1.82) is 0 Å². The highest BCUT2D eigenvalue weighted by atomic mass is 16.3. The summed E-state index contributed by atoms with van der Waals surface area (Å²) in [6.45, 7) is 9.18. The fourth-order valence-electron chi connectivity index (χ4n) is 3.32. The molecule has 1 aliphatic carbocycles. The minimum atomic E-state index is -0.0488. The van der Waals surface area contributed by atoms with Crippen LogP contribution < -0.4 is 5.32 Å². The lowest BCUT2D eigenvalue weighted by Crippen LogP contribution is -2.60. The highest BCUT2D eigenvalue weighted by Gasteiger charge is 2.46. The van der Waals surface area contributed by atoms with Crippen LogP contribution in [-0.4, -0.2) is 47.3 Å². The van der Waals surface area contributed by atoms with Crippen molar-refractivity contribution in [1.82, 2.24) is 10.2 Å². The molecule has 0 bridgehead atoms. The van der Waals surface area contributed by atoms with Gasteiger partial charge in [0.25, 0.3) is 0 Å². The smallest absolute Gasteiger partial charge is 0.0628 e. The molecule has 2 atom stereocenters. The third-order valence-electron chi connectivity index (χ3n) is 4.39. The Kier molecular flexibility index (Phi) is 4.11. The topological polar surface area (TPSA) is 35.5 Å². The Labute approximate surface area is 106 Å². The predicted molar refractivity (Wildman–Crippen MR) is 71.1 cm³/mol. The van der Waals surface area contributed by atoms with Gasteiger partial charge >= 0.3 is 0 Å². The Bertz CT molecular complexity index is 253. The van der Waals surface area contributed by atoms with Crippen LogP contribution in [0, 0.1) is 5.92 Å². The zero-order valence-electron chi connectivity index (χ0n) is 11.6. The van der Waals surface area contributed by atoms with Crippen molar-refractivity contribution < 1.29 is 5.11 Å². The van der Waals surface area contributed by atoms with Gasteiger partial charge in [0.2, 0.25) is 0 Å². The van der Waals surface area contributed by atoms with Crippen LogP contribution in [0.4, 0.5) is 0 Å². The second kappa shape index (κ2) is 5.25. The van der Waals surface area contributed by atoms with Crippen LogP contribution in [0.5, 0.6) is 0 Å². The van der Waals surface area contributed by atoms with Gasteiger partial charge in [-0.05, 0) is 45.1 Å². The summed E-state index contributed by atoms with van der Waals surface area (Å²) in [6, 6.07) is 1.13. The van der Waals surface area contributed by atoms with E-state index >= 15 is 0 Å². The summed E-state index contributed by atoms with van der Waals surface area (Å²) >= 11 is 0. The van der Waals surface area contributed by atoms with Gasteiger partial charge in [-0.15, -0.1) is 0 Å². The number of nitrogens with one attached hydrogen (secondary N) is 1. The van der Waals surface area contributed by atoms with Gasteiger partial charge in [-0.1, -0.05) is 13.8 Å². The minimum absolute atomic E-state index is 0.0488. The van der Waals surface area contributed by atoms with Gasteiger partial charge in [-0.3, -0.25) is 4.90 Å². The number of hydrogen-bond acceptors (Lipinski definition) is 3. The molecule has 1 aliphatic heterocycles. The van der Waals surface area contributed by atoms with E-state index in [9.17, 15) is 5.11 Å².